The van der Waals surface area contributed by atoms with Gasteiger partial charge >= 0.3 is 5.97 Å². The maximum Gasteiger partial charge on any atom is 0.339 e. The number of rotatable bonds is 4. The maximum absolute atomic E-state index is 14.6. The molecule has 3 aromatic rings. The summed E-state index contributed by atoms with van der Waals surface area (Å²) in [7, 11) is 0. The zero-order valence-electron chi connectivity index (χ0n) is 16.5. The fourth-order valence-corrected chi connectivity index (χ4v) is 2.75. The van der Waals surface area contributed by atoms with Crippen LogP contribution in [0.2, 0.25) is 0 Å². The second-order valence-corrected chi connectivity index (χ2v) is 7.81. The molecular formula is C21H23FN4O2. The van der Waals surface area contributed by atoms with Gasteiger partial charge in [-0.15, -0.1) is 0 Å². The highest BCUT2D eigenvalue weighted by Gasteiger charge is 2.23. The lowest BCUT2D eigenvalue weighted by molar-refractivity contribution is 0.0697. The number of benzene rings is 1. The average molecular weight is 382 g/mol. The first kappa shape index (κ1) is 19.5. The number of aromatic nitrogens is 3. The van der Waals surface area contributed by atoms with Crippen molar-refractivity contribution in [2.45, 2.75) is 40.0 Å². The molecule has 0 bridgehead atoms. The van der Waals surface area contributed by atoms with Crippen molar-refractivity contribution in [2.24, 2.45) is 0 Å². The minimum absolute atomic E-state index is 0.0281. The Kier molecular flexibility index (Phi) is 4.93. The predicted octanol–water partition coefficient (Wildman–Crippen LogP) is 4.76. The van der Waals surface area contributed by atoms with E-state index < -0.39 is 11.8 Å². The molecule has 0 aliphatic rings. The number of aromatic carboxylic acids is 1. The zero-order chi connectivity index (χ0) is 20.6. The Hall–Kier alpha value is -3.22. The summed E-state index contributed by atoms with van der Waals surface area (Å²) in [6.45, 7) is 9.65. The number of carboxylic acid groups (broad SMARTS) is 1. The molecule has 0 radical (unpaired) electrons. The van der Waals surface area contributed by atoms with E-state index in [0.717, 1.165) is 11.3 Å². The number of nitrogens with zero attached hydrogens (tertiary/aromatic N) is 3. The topological polar surface area (TPSA) is 80.0 Å². The molecule has 0 spiro atoms. The largest absolute Gasteiger partial charge is 0.478 e. The first-order valence-corrected chi connectivity index (χ1v) is 8.91. The molecule has 3 rings (SSSR count). The van der Waals surface area contributed by atoms with E-state index in [2.05, 4.69) is 15.4 Å². The molecule has 0 saturated heterocycles. The van der Waals surface area contributed by atoms with Crippen molar-refractivity contribution in [2.75, 3.05) is 5.32 Å². The van der Waals surface area contributed by atoms with Crippen LogP contribution in [0.15, 0.2) is 36.4 Å². The normalized spacial score (nSPS) is 11.5. The van der Waals surface area contributed by atoms with Crippen molar-refractivity contribution in [1.29, 1.82) is 0 Å². The predicted molar refractivity (Wildman–Crippen MR) is 106 cm³/mol. The molecule has 2 N–H and O–H groups in total. The Morgan fingerprint density at radius 1 is 1.14 bits per heavy atom. The quantitative estimate of drug-likeness (QED) is 0.680. The van der Waals surface area contributed by atoms with Gasteiger partial charge in [0.15, 0.2) is 0 Å². The molecule has 2 aromatic heterocycles. The molecule has 2 heterocycles. The van der Waals surface area contributed by atoms with E-state index in [9.17, 15) is 14.3 Å². The molecule has 0 unspecified atom stereocenters. The second-order valence-electron chi connectivity index (χ2n) is 7.81. The molecule has 0 aliphatic heterocycles. The second kappa shape index (κ2) is 7.07. The summed E-state index contributed by atoms with van der Waals surface area (Å²) in [6.07, 6.45) is 0. The van der Waals surface area contributed by atoms with E-state index in [0.29, 0.717) is 11.5 Å². The van der Waals surface area contributed by atoms with Crippen LogP contribution < -0.4 is 5.32 Å². The highest BCUT2D eigenvalue weighted by Crippen LogP contribution is 2.30. The standard InChI is InChI=1S/C21H23FN4O2/c1-12-6-9-15(22)16(10-12)26-18(11-17(25-26)21(3,4)5)24-19-14(20(27)28)8-7-13(2)23-19/h6-11H,1-5H3,(H,23,24)(H,27,28). The van der Waals surface area contributed by atoms with Gasteiger partial charge in [0.1, 0.15) is 28.7 Å². The fourth-order valence-electron chi connectivity index (χ4n) is 2.75. The summed E-state index contributed by atoms with van der Waals surface area (Å²) in [6, 6.07) is 9.68. The van der Waals surface area contributed by atoms with Crippen molar-refractivity contribution >= 4 is 17.6 Å². The average Bonchev–Trinajstić information content (AvgIpc) is 3.01. The molecule has 0 saturated carbocycles. The highest BCUT2D eigenvalue weighted by atomic mass is 19.1. The maximum atomic E-state index is 14.6. The van der Waals surface area contributed by atoms with Crippen LogP contribution in [0.5, 0.6) is 0 Å². The van der Waals surface area contributed by atoms with Crippen LogP contribution in [0.4, 0.5) is 16.0 Å². The molecule has 1 aromatic carbocycles. The molecular weight excluding hydrogens is 359 g/mol. The number of carbonyl (C=O) groups is 1. The lowest BCUT2D eigenvalue weighted by atomic mass is 9.92. The van der Waals surface area contributed by atoms with Crippen molar-refractivity contribution in [3.8, 4) is 5.69 Å². The van der Waals surface area contributed by atoms with Crippen molar-refractivity contribution in [1.82, 2.24) is 14.8 Å². The number of halogens is 1. The van der Waals surface area contributed by atoms with Crippen LogP contribution in [0.3, 0.4) is 0 Å². The van der Waals surface area contributed by atoms with Gasteiger partial charge in [0.05, 0.1) is 5.69 Å². The number of pyridine rings is 1. The van der Waals surface area contributed by atoms with Gasteiger partial charge in [-0.25, -0.2) is 18.9 Å². The van der Waals surface area contributed by atoms with E-state index in [-0.39, 0.29) is 22.5 Å². The van der Waals surface area contributed by atoms with Crippen LogP contribution in [-0.4, -0.2) is 25.8 Å². The van der Waals surface area contributed by atoms with E-state index in [1.807, 2.05) is 27.7 Å². The SMILES string of the molecule is Cc1ccc(F)c(-n2nc(C(C)(C)C)cc2Nc2nc(C)ccc2C(=O)O)c1. The number of anilines is 2. The van der Waals surface area contributed by atoms with E-state index in [1.54, 1.807) is 31.2 Å². The van der Waals surface area contributed by atoms with Gasteiger partial charge in [-0.3, -0.25) is 0 Å². The van der Waals surface area contributed by atoms with E-state index in [4.69, 9.17) is 0 Å². The molecule has 0 fully saturated rings. The Morgan fingerprint density at radius 3 is 2.50 bits per heavy atom. The monoisotopic (exact) mass is 382 g/mol. The van der Waals surface area contributed by atoms with Gasteiger partial charge < -0.3 is 10.4 Å². The summed E-state index contributed by atoms with van der Waals surface area (Å²) < 4.78 is 16.0. The highest BCUT2D eigenvalue weighted by molar-refractivity contribution is 5.93. The third kappa shape index (κ3) is 3.88. The van der Waals surface area contributed by atoms with Crippen LogP contribution in [0.1, 0.15) is 48.1 Å². The van der Waals surface area contributed by atoms with Gasteiger partial charge in [-0.1, -0.05) is 26.8 Å². The first-order valence-electron chi connectivity index (χ1n) is 8.91. The Balaban J connectivity index is 2.19. The van der Waals surface area contributed by atoms with Gasteiger partial charge in [0, 0.05) is 17.2 Å². The smallest absolute Gasteiger partial charge is 0.339 e. The van der Waals surface area contributed by atoms with Crippen molar-refractivity contribution < 1.29 is 14.3 Å². The first-order chi connectivity index (χ1) is 13.1. The molecule has 28 heavy (non-hydrogen) atoms. The summed E-state index contributed by atoms with van der Waals surface area (Å²) >= 11 is 0. The van der Waals surface area contributed by atoms with E-state index >= 15 is 0 Å². The molecule has 0 amide bonds. The summed E-state index contributed by atoms with van der Waals surface area (Å²) in [5.41, 5.74) is 2.31. The van der Waals surface area contributed by atoms with Crippen LogP contribution in [-0.2, 0) is 5.41 Å². The van der Waals surface area contributed by atoms with Crippen LogP contribution >= 0.6 is 0 Å². The number of carboxylic acids is 1. The Bertz CT molecular complexity index is 1050. The minimum atomic E-state index is -1.10. The van der Waals surface area contributed by atoms with Crippen molar-refractivity contribution in [3.05, 3.63) is 64.7 Å². The Labute approximate surface area is 163 Å². The van der Waals surface area contributed by atoms with E-state index in [1.165, 1.54) is 16.8 Å². The van der Waals surface area contributed by atoms with Crippen LogP contribution in [0, 0.1) is 19.7 Å². The zero-order valence-corrected chi connectivity index (χ0v) is 16.5. The molecule has 0 aliphatic carbocycles. The molecule has 0 atom stereocenters. The Morgan fingerprint density at radius 2 is 1.86 bits per heavy atom. The minimum Gasteiger partial charge on any atom is -0.478 e. The van der Waals surface area contributed by atoms with Gasteiger partial charge in [0.25, 0.3) is 0 Å². The lowest BCUT2D eigenvalue weighted by Gasteiger charge is -2.14. The summed E-state index contributed by atoms with van der Waals surface area (Å²) in [5, 5.41) is 17.1. The summed E-state index contributed by atoms with van der Waals surface area (Å²) in [4.78, 5) is 15.9. The molecule has 7 heteroatoms. The third-order valence-corrected chi connectivity index (χ3v) is 4.32. The van der Waals surface area contributed by atoms with Gasteiger partial charge in [-0.05, 0) is 43.7 Å². The lowest BCUT2D eigenvalue weighted by Crippen LogP contribution is -2.13. The third-order valence-electron chi connectivity index (χ3n) is 4.32. The van der Waals surface area contributed by atoms with Gasteiger partial charge in [-0.2, -0.15) is 5.10 Å². The number of hydrogen-bond acceptors (Lipinski definition) is 4. The number of aryl methyl sites for hydroxylation is 2. The number of nitrogens with one attached hydrogen (secondary N) is 1. The fraction of sp³-hybridized carbons (Fsp3) is 0.286. The van der Waals surface area contributed by atoms with Gasteiger partial charge in [0.2, 0.25) is 0 Å². The molecule has 6 nitrogen and oxygen atoms in total. The van der Waals surface area contributed by atoms with Crippen LogP contribution in [0.25, 0.3) is 5.69 Å². The van der Waals surface area contributed by atoms with Crippen molar-refractivity contribution in [3.63, 3.8) is 0 Å². The summed E-state index contributed by atoms with van der Waals surface area (Å²) in [5.74, 6) is -0.899. The number of hydrogen-bond donors (Lipinski definition) is 2. The molecule has 146 valence electrons.